The number of hydrogen-bond acceptors (Lipinski definition) is 4. The van der Waals surface area contributed by atoms with E-state index in [0.717, 1.165) is 44.7 Å². The normalized spacial score (nSPS) is 16.2. The van der Waals surface area contributed by atoms with Gasteiger partial charge in [0.2, 0.25) is 5.91 Å². The quantitative estimate of drug-likeness (QED) is 0.760. The molecule has 2 heterocycles. The van der Waals surface area contributed by atoms with Crippen LogP contribution in [0, 0.1) is 0 Å². The molecule has 0 aliphatic carbocycles. The van der Waals surface area contributed by atoms with Crippen molar-refractivity contribution in [2.45, 2.75) is 12.8 Å². The summed E-state index contributed by atoms with van der Waals surface area (Å²) in [6, 6.07) is 3.95. The highest BCUT2D eigenvalue weighted by Gasteiger charge is 2.10. The number of rotatable bonds is 6. The first kappa shape index (κ1) is 14.0. The molecule has 1 aliphatic heterocycles. The average molecular weight is 262 g/mol. The summed E-state index contributed by atoms with van der Waals surface area (Å²) >= 11 is 0. The first-order chi connectivity index (χ1) is 9.34. The Morgan fingerprint density at radius 1 is 1.42 bits per heavy atom. The van der Waals surface area contributed by atoms with Gasteiger partial charge in [-0.3, -0.25) is 9.78 Å². The van der Waals surface area contributed by atoms with Crippen molar-refractivity contribution >= 4 is 5.91 Å². The SMILES string of the molecule is O=C(CCN1CCNCC1)NCCc1cccnc1. The first-order valence-electron chi connectivity index (χ1n) is 6.93. The van der Waals surface area contributed by atoms with Crippen LogP contribution in [0.4, 0.5) is 0 Å². The fourth-order valence-electron chi connectivity index (χ4n) is 2.18. The molecule has 1 aromatic rings. The lowest BCUT2D eigenvalue weighted by atomic mass is 10.2. The van der Waals surface area contributed by atoms with Crippen molar-refractivity contribution in [3.05, 3.63) is 30.1 Å². The minimum Gasteiger partial charge on any atom is -0.356 e. The summed E-state index contributed by atoms with van der Waals surface area (Å²) in [5.74, 6) is 0.141. The van der Waals surface area contributed by atoms with E-state index >= 15 is 0 Å². The lowest BCUT2D eigenvalue weighted by Crippen LogP contribution is -2.44. The van der Waals surface area contributed by atoms with Crippen LogP contribution in [0.1, 0.15) is 12.0 Å². The monoisotopic (exact) mass is 262 g/mol. The molecule has 0 radical (unpaired) electrons. The molecule has 2 rings (SSSR count). The van der Waals surface area contributed by atoms with Gasteiger partial charge in [0.05, 0.1) is 0 Å². The highest BCUT2D eigenvalue weighted by molar-refractivity contribution is 5.76. The fraction of sp³-hybridized carbons (Fsp3) is 0.571. The Balaban J connectivity index is 1.57. The van der Waals surface area contributed by atoms with Crippen LogP contribution in [-0.4, -0.2) is 55.1 Å². The summed E-state index contributed by atoms with van der Waals surface area (Å²) in [5, 5.41) is 6.27. The van der Waals surface area contributed by atoms with Gasteiger partial charge in [0.15, 0.2) is 0 Å². The van der Waals surface area contributed by atoms with Gasteiger partial charge in [-0.25, -0.2) is 0 Å². The van der Waals surface area contributed by atoms with Gasteiger partial charge in [-0.05, 0) is 18.1 Å². The van der Waals surface area contributed by atoms with Crippen molar-refractivity contribution in [1.29, 1.82) is 0 Å². The summed E-state index contributed by atoms with van der Waals surface area (Å²) in [7, 11) is 0. The second-order valence-corrected chi connectivity index (χ2v) is 4.80. The van der Waals surface area contributed by atoms with Crippen LogP contribution in [0.3, 0.4) is 0 Å². The molecular weight excluding hydrogens is 240 g/mol. The van der Waals surface area contributed by atoms with Crippen LogP contribution in [0.5, 0.6) is 0 Å². The second-order valence-electron chi connectivity index (χ2n) is 4.80. The van der Waals surface area contributed by atoms with Crippen molar-refractivity contribution in [3.63, 3.8) is 0 Å². The molecule has 1 fully saturated rings. The summed E-state index contributed by atoms with van der Waals surface area (Å²) in [5.41, 5.74) is 1.16. The Labute approximate surface area is 114 Å². The van der Waals surface area contributed by atoms with Crippen LogP contribution in [0.25, 0.3) is 0 Å². The number of nitrogens with zero attached hydrogens (tertiary/aromatic N) is 2. The van der Waals surface area contributed by atoms with Crippen LogP contribution >= 0.6 is 0 Å². The van der Waals surface area contributed by atoms with Crippen LogP contribution in [-0.2, 0) is 11.2 Å². The largest absolute Gasteiger partial charge is 0.356 e. The van der Waals surface area contributed by atoms with Crippen molar-refractivity contribution in [3.8, 4) is 0 Å². The fourth-order valence-corrected chi connectivity index (χ4v) is 2.18. The van der Waals surface area contributed by atoms with Crippen LogP contribution in [0.15, 0.2) is 24.5 Å². The molecule has 19 heavy (non-hydrogen) atoms. The van der Waals surface area contributed by atoms with Crippen LogP contribution in [0.2, 0.25) is 0 Å². The number of nitrogens with one attached hydrogen (secondary N) is 2. The zero-order valence-corrected chi connectivity index (χ0v) is 11.3. The molecule has 104 valence electrons. The number of pyridine rings is 1. The van der Waals surface area contributed by atoms with E-state index < -0.39 is 0 Å². The van der Waals surface area contributed by atoms with E-state index in [4.69, 9.17) is 0 Å². The van der Waals surface area contributed by atoms with Gasteiger partial charge < -0.3 is 15.5 Å². The summed E-state index contributed by atoms with van der Waals surface area (Å²) in [6.07, 6.45) is 5.03. The molecule has 0 atom stereocenters. The van der Waals surface area contributed by atoms with E-state index in [0.29, 0.717) is 13.0 Å². The van der Waals surface area contributed by atoms with Gasteiger partial charge in [-0.2, -0.15) is 0 Å². The number of aromatic nitrogens is 1. The lowest BCUT2D eigenvalue weighted by molar-refractivity contribution is -0.121. The van der Waals surface area contributed by atoms with E-state index in [9.17, 15) is 4.79 Å². The minimum atomic E-state index is 0.141. The van der Waals surface area contributed by atoms with Gasteiger partial charge >= 0.3 is 0 Å². The predicted molar refractivity (Wildman–Crippen MR) is 74.9 cm³/mol. The third kappa shape index (κ3) is 5.36. The second kappa shape index (κ2) is 7.86. The predicted octanol–water partition coefficient (Wildman–Crippen LogP) is 0.0356. The highest BCUT2D eigenvalue weighted by atomic mass is 16.1. The van der Waals surface area contributed by atoms with E-state index in [1.807, 2.05) is 18.3 Å². The average Bonchev–Trinajstić information content (AvgIpc) is 2.47. The van der Waals surface area contributed by atoms with Crippen LogP contribution < -0.4 is 10.6 Å². The maximum Gasteiger partial charge on any atom is 0.221 e. The molecule has 5 nitrogen and oxygen atoms in total. The first-order valence-corrected chi connectivity index (χ1v) is 6.93. The molecule has 1 amide bonds. The maximum atomic E-state index is 11.7. The molecule has 0 bridgehead atoms. The highest BCUT2D eigenvalue weighted by Crippen LogP contribution is 1.97. The Morgan fingerprint density at radius 3 is 3.00 bits per heavy atom. The zero-order chi connectivity index (χ0) is 13.3. The van der Waals surface area contributed by atoms with Gasteiger partial charge in [0.25, 0.3) is 0 Å². The Kier molecular flexibility index (Phi) is 5.78. The molecule has 5 heteroatoms. The Hall–Kier alpha value is -1.46. The molecule has 0 unspecified atom stereocenters. The lowest BCUT2D eigenvalue weighted by Gasteiger charge is -2.26. The van der Waals surface area contributed by atoms with E-state index in [1.165, 1.54) is 0 Å². The van der Waals surface area contributed by atoms with Gasteiger partial charge in [-0.1, -0.05) is 6.07 Å². The third-order valence-electron chi connectivity index (χ3n) is 3.32. The topological polar surface area (TPSA) is 57.3 Å². The number of hydrogen-bond donors (Lipinski definition) is 2. The summed E-state index contributed by atoms with van der Waals surface area (Å²) < 4.78 is 0. The molecule has 1 saturated heterocycles. The van der Waals surface area contributed by atoms with Gasteiger partial charge in [0.1, 0.15) is 0 Å². The Morgan fingerprint density at radius 2 is 2.26 bits per heavy atom. The Bertz CT molecular complexity index is 376. The van der Waals surface area contributed by atoms with Crippen molar-refractivity contribution < 1.29 is 4.79 Å². The number of carbonyl (C=O) groups excluding carboxylic acids is 1. The van der Waals surface area contributed by atoms with Crippen molar-refractivity contribution in [1.82, 2.24) is 20.5 Å². The molecule has 2 N–H and O–H groups in total. The molecule has 0 spiro atoms. The summed E-state index contributed by atoms with van der Waals surface area (Å²) in [6.45, 7) is 5.70. The maximum absolute atomic E-state index is 11.7. The molecular formula is C14H22N4O. The minimum absolute atomic E-state index is 0.141. The van der Waals surface area contributed by atoms with E-state index in [2.05, 4.69) is 20.5 Å². The molecule has 0 saturated carbocycles. The molecule has 1 aromatic heterocycles. The zero-order valence-electron chi connectivity index (χ0n) is 11.3. The van der Waals surface area contributed by atoms with E-state index in [-0.39, 0.29) is 5.91 Å². The third-order valence-corrected chi connectivity index (χ3v) is 3.32. The van der Waals surface area contributed by atoms with Crippen molar-refractivity contribution in [2.24, 2.45) is 0 Å². The smallest absolute Gasteiger partial charge is 0.221 e. The summed E-state index contributed by atoms with van der Waals surface area (Å²) in [4.78, 5) is 18.1. The van der Waals surface area contributed by atoms with E-state index in [1.54, 1.807) is 6.20 Å². The number of carbonyl (C=O) groups is 1. The number of piperazine rings is 1. The standard InChI is InChI=1S/C14H22N4O/c19-14(4-9-18-10-7-15-8-11-18)17-6-3-13-2-1-5-16-12-13/h1-2,5,12,15H,3-4,6-11H2,(H,17,19). The molecule has 1 aliphatic rings. The van der Waals surface area contributed by atoms with Crippen molar-refractivity contribution in [2.75, 3.05) is 39.3 Å². The van der Waals surface area contributed by atoms with Gasteiger partial charge in [0, 0.05) is 58.1 Å². The van der Waals surface area contributed by atoms with Gasteiger partial charge in [-0.15, -0.1) is 0 Å². The number of amides is 1. The molecule has 0 aromatic carbocycles.